The summed E-state index contributed by atoms with van der Waals surface area (Å²) >= 11 is 0. The molecule has 0 spiro atoms. The van der Waals surface area contributed by atoms with Crippen molar-refractivity contribution in [1.29, 1.82) is 0 Å². The zero-order valence-electron chi connectivity index (χ0n) is 22.5. The molecule has 1 aliphatic carbocycles. The van der Waals surface area contributed by atoms with E-state index < -0.39 is 0 Å². The number of fused-ring (bicyclic) bond motifs is 1. The van der Waals surface area contributed by atoms with Gasteiger partial charge in [0, 0.05) is 31.4 Å². The van der Waals surface area contributed by atoms with E-state index in [0.29, 0.717) is 52.3 Å². The van der Waals surface area contributed by atoms with Gasteiger partial charge in [0.2, 0.25) is 5.91 Å². The molecule has 2 aromatic heterocycles. The molecule has 206 valence electrons. The predicted molar refractivity (Wildman–Crippen MR) is 159 cm³/mol. The Morgan fingerprint density at radius 1 is 1.00 bits per heavy atom. The first-order chi connectivity index (χ1) is 20.0. The number of likely N-dealkylation sites (N-methyl/N-ethyl adjacent to an activating group) is 1. The van der Waals surface area contributed by atoms with Crippen LogP contribution in [0.1, 0.15) is 12.8 Å². The summed E-state index contributed by atoms with van der Waals surface area (Å²) in [6, 6.07) is 24.3. The number of nitrogen functional groups attached to an aromatic ring is 1. The Hall–Kier alpha value is -5.22. The topological polar surface area (TPSA) is 120 Å². The number of amides is 1. The number of aromatic nitrogens is 4. The van der Waals surface area contributed by atoms with Gasteiger partial charge in [0.15, 0.2) is 11.5 Å². The monoisotopic (exact) mass is 547 g/mol. The fourth-order valence-corrected chi connectivity index (χ4v) is 4.57. The molecule has 1 amide bonds. The van der Waals surface area contributed by atoms with E-state index in [0.717, 1.165) is 0 Å². The second-order valence-electron chi connectivity index (χ2n) is 9.80. The molecule has 1 saturated carbocycles. The van der Waals surface area contributed by atoms with Gasteiger partial charge in [0.1, 0.15) is 23.3 Å². The number of ether oxygens (including phenoxy) is 1. The Kier molecular flexibility index (Phi) is 7.05. The number of para-hydroxylation sites is 1. The molecule has 1 fully saturated rings. The van der Waals surface area contributed by atoms with Crippen molar-refractivity contribution in [3.8, 4) is 22.9 Å². The van der Waals surface area contributed by atoms with Gasteiger partial charge in [-0.15, -0.1) is 0 Å². The van der Waals surface area contributed by atoms with Gasteiger partial charge in [-0.3, -0.25) is 9.36 Å². The molecule has 3 N–H and O–H groups in total. The molecular formula is C31H29N7O3. The van der Waals surface area contributed by atoms with Gasteiger partial charge in [-0.25, -0.2) is 19.3 Å². The molecule has 0 bridgehead atoms. The number of imidazole rings is 1. The molecule has 10 heteroatoms. The lowest BCUT2D eigenvalue weighted by Crippen LogP contribution is -2.25. The van der Waals surface area contributed by atoms with Gasteiger partial charge in [-0.2, -0.15) is 0 Å². The summed E-state index contributed by atoms with van der Waals surface area (Å²) in [4.78, 5) is 36.8. The van der Waals surface area contributed by atoms with Crippen LogP contribution >= 0.6 is 0 Å². The summed E-state index contributed by atoms with van der Waals surface area (Å²) in [5, 5.41) is 3.35. The van der Waals surface area contributed by atoms with Crippen LogP contribution in [0.4, 0.5) is 11.5 Å². The fraction of sp³-hybridized carbons (Fsp3) is 0.161. The van der Waals surface area contributed by atoms with E-state index in [1.807, 2.05) is 42.5 Å². The van der Waals surface area contributed by atoms with Gasteiger partial charge >= 0.3 is 5.69 Å². The molecular weight excluding hydrogens is 518 g/mol. The maximum Gasteiger partial charge on any atom is 0.339 e. The summed E-state index contributed by atoms with van der Waals surface area (Å²) in [6.45, 7) is 0.652. The average molecular weight is 548 g/mol. The summed E-state index contributed by atoms with van der Waals surface area (Å²) < 4.78 is 8.85. The number of benzene rings is 3. The molecule has 0 atom stereocenters. The van der Waals surface area contributed by atoms with Crippen LogP contribution in [-0.2, 0) is 4.79 Å². The van der Waals surface area contributed by atoms with Crippen molar-refractivity contribution < 1.29 is 9.53 Å². The van der Waals surface area contributed by atoms with Gasteiger partial charge in [-0.05, 0) is 67.4 Å². The van der Waals surface area contributed by atoms with Crippen molar-refractivity contribution in [3.05, 3.63) is 108 Å². The number of carbonyl (C=O) groups excluding carboxylic acids is 1. The molecule has 0 radical (unpaired) electrons. The third-order valence-electron chi connectivity index (χ3n) is 6.89. The predicted octanol–water partition coefficient (Wildman–Crippen LogP) is 4.22. The molecule has 0 unspecified atom stereocenters. The number of nitrogens with one attached hydrogen (secondary N) is 1. The van der Waals surface area contributed by atoms with E-state index in [1.165, 1.54) is 33.2 Å². The number of nitrogens with zero attached hydrogens (tertiary/aromatic N) is 5. The normalized spacial score (nSPS) is 13.1. The van der Waals surface area contributed by atoms with Crippen LogP contribution < -0.4 is 26.4 Å². The Balaban J connectivity index is 1.33. The summed E-state index contributed by atoms with van der Waals surface area (Å²) in [5.74, 6) is 1.34. The SMILES string of the molecule is CN(C(=O)/C=C/CNC1CC1)c1cccc(-n2c(=O)n(-c3ccc(Oc4ccccc4)cc3)c3c(N)ncnc32)c1. The van der Waals surface area contributed by atoms with Crippen LogP contribution in [-0.4, -0.2) is 44.6 Å². The first-order valence-corrected chi connectivity index (χ1v) is 13.3. The molecule has 0 saturated heterocycles. The maximum absolute atomic E-state index is 13.9. The van der Waals surface area contributed by atoms with Crippen molar-refractivity contribution >= 4 is 28.6 Å². The number of hydrogen-bond acceptors (Lipinski definition) is 7. The fourth-order valence-electron chi connectivity index (χ4n) is 4.57. The summed E-state index contributed by atoms with van der Waals surface area (Å²) in [6.07, 6.45) is 7.09. The van der Waals surface area contributed by atoms with E-state index in [9.17, 15) is 9.59 Å². The highest BCUT2D eigenvalue weighted by Gasteiger charge is 2.21. The number of hydrogen-bond donors (Lipinski definition) is 2. The molecule has 3 aromatic carbocycles. The first kappa shape index (κ1) is 26.0. The minimum Gasteiger partial charge on any atom is -0.457 e. The molecule has 1 aliphatic rings. The third kappa shape index (κ3) is 5.45. The van der Waals surface area contributed by atoms with E-state index >= 15 is 0 Å². The molecule has 2 heterocycles. The first-order valence-electron chi connectivity index (χ1n) is 13.3. The van der Waals surface area contributed by atoms with Crippen molar-refractivity contribution in [1.82, 2.24) is 24.4 Å². The van der Waals surface area contributed by atoms with E-state index in [2.05, 4.69) is 15.3 Å². The van der Waals surface area contributed by atoms with Gasteiger partial charge in [-0.1, -0.05) is 30.3 Å². The van der Waals surface area contributed by atoms with Crippen molar-refractivity contribution in [2.45, 2.75) is 18.9 Å². The molecule has 10 nitrogen and oxygen atoms in total. The van der Waals surface area contributed by atoms with E-state index in [4.69, 9.17) is 10.5 Å². The average Bonchev–Trinajstić information content (AvgIpc) is 3.77. The van der Waals surface area contributed by atoms with E-state index in [1.54, 1.807) is 55.6 Å². The Morgan fingerprint density at radius 3 is 2.51 bits per heavy atom. The highest BCUT2D eigenvalue weighted by atomic mass is 16.5. The van der Waals surface area contributed by atoms with E-state index in [-0.39, 0.29) is 17.4 Å². The van der Waals surface area contributed by atoms with Crippen LogP contribution in [0.2, 0.25) is 0 Å². The van der Waals surface area contributed by atoms with Crippen LogP contribution in [0.25, 0.3) is 22.5 Å². The van der Waals surface area contributed by atoms with Crippen LogP contribution in [0.3, 0.4) is 0 Å². The van der Waals surface area contributed by atoms with Gasteiger partial charge in [0.25, 0.3) is 0 Å². The Morgan fingerprint density at radius 2 is 1.76 bits per heavy atom. The second-order valence-corrected chi connectivity index (χ2v) is 9.80. The minimum absolute atomic E-state index is 0.168. The number of rotatable bonds is 9. The third-order valence-corrected chi connectivity index (χ3v) is 6.89. The minimum atomic E-state index is -0.374. The summed E-state index contributed by atoms with van der Waals surface area (Å²) in [5.41, 5.74) is 8.38. The van der Waals surface area contributed by atoms with Gasteiger partial charge < -0.3 is 20.7 Å². The Bertz CT molecular complexity index is 1790. The number of anilines is 2. The molecule has 41 heavy (non-hydrogen) atoms. The molecule has 5 aromatic rings. The number of nitrogens with two attached hydrogens (primary N) is 1. The van der Waals surface area contributed by atoms with Gasteiger partial charge in [0.05, 0.1) is 11.4 Å². The van der Waals surface area contributed by atoms with Crippen molar-refractivity contribution in [2.24, 2.45) is 0 Å². The molecule has 0 aliphatic heterocycles. The maximum atomic E-state index is 13.9. The standard InChI is InChI=1S/C31H29N7O3/c1-36(27(39)11-6-18-33-21-12-13-21)23-7-5-8-24(19-23)38-30-28(29(32)34-20-35-30)37(31(38)40)22-14-16-26(17-15-22)41-25-9-3-2-4-10-25/h2-11,14-17,19-21,33H,12-13,18H2,1H3,(H2,32,34,35)/b11-6+. The smallest absolute Gasteiger partial charge is 0.339 e. The lowest BCUT2D eigenvalue weighted by atomic mass is 10.2. The zero-order chi connectivity index (χ0) is 28.3. The van der Waals surface area contributed by atoms with Crippen molar-refractivity contribution in [3.63, 3.8) is 0 Å². The highest BCUT2D eigenvalue weighted by molar-refractivity contribution is 6.01. The zero-order valence-corrected chi connectivity index (χ0v) is 22.5. The summed E-state index contributed by atoms with van der Waals surface area (Å²) in [7, 11) is 1.70. The lowest BCUT2D eigenvalue weighted by molar-refractivity contribution is -0.113. The quantitative estimate of drug-likeness (QED) is 0.265. The van der Waals surface area contributed by atoms with Crippen molar-refractivity contribution in [2.75, 3.05) is 24.2 Å². The van der Waals surface area contributed by atoms with Crippen LogP contribution in [0.15, 0.2) is 102 Å². The molecule has 6 rings (SSSR count). The van der Waals surface area contributed by atoms with Crippen LogP contribution in [0, 0.1) is 0 Å². The van der Waals surface area contributed by atoms with Crippen LogP contribution in [0.5, 0.6) is 11.5 Å². The number of carbonyl (C=O) groups is 1. The second kappa shape index (κ2) is 11.1. The largest absolute Gasteiger partial charge is 0.457 e. The lowest BCUT2D eigenvalue weighted by Gasteiger charge is -2.16. The Labute approximate surface area is 236 Å². The highest BCUT2D eigenvalue weighted by Crippen LogP contribution is 2.27.